The number of allylic oxidation sites excluding steroid dienone is 2. The van der Waals surface area contributed by atoms with Gasteiger partial charge in [0.2, 0.25) is 0 Å². The molecule has 0 N–H and O–H groups in total. The molecule has 0 fully saturated rings. The molecule has 0 unspecified atom stereocenters. The molecule has 0 aliphatic heterocycles. The second-order valence-electron chi connectivity index (χ2n) is 1.42. The van der Waals surface area contributed by atoms with Crippen molar-refractivity contribution in [2.45, 2.75) is 27.7 Å². The first kappa shape index (κ1) is 11.8. The van der Waals surface area contributed by atoms with Crippen LogP contribution in [0.1, 0.15) is 27.7 Å². The third-order valence-electron chi connectivity index (χ3n) is 0.798. The molecule has 0 aromatic carbocycles. The van der Waals surface area contributed by atoms with E-state index in [0.717, 1.165) is 5.57 Å². The molecule has 2 heteroatoms. The van der Waals surface area contributed by atoms with Gasteiger partial charge in [0, 0.05) is 6.72 Å². The van der Waals surface area contributed by atoms with Gasteiger partial charge in [-0.1, -0.05) is 19.9 Å². The number of hydrogen-bond donors (Lipinski definition) is 0. The Hall–Kier alpha value is -0.920. The van der Waals surface area contributed by atoms with Gasteiger partial charge in [-0.3, -0.25) is 0 Å². The van der Waals surface area contributed by atoms with Crippen molar-refractivity contribution in [3.63, 3.8) is 0 Å². The highest BCUT2D eigenvalue weighted by Gasteiger charge is 1.73. The molecule has 0 saturated heterocycles. The standard InChI is InChI=1S/C6H10N2.C2H6/c1-4-6(2)5-8-7-3;1-2/h4-5H,3H2,1-2H3;1-2H3/b6-4-,8-5-;. The second-order valence-corrected chi connectivity index (χ2v) is 1.42. The Balaban J connectivity index is 0. The average molecular weight is 140 g/mol. The maximum Gasteiger partial charge on any atom is 0.0521 e. The van der Waals surface area contributed by atoms with Gasteiger partial charge >= 0.3 is 0 Å². The number of rotatable bonds is 2. The van der Waals surface area contributed by atoms with Crippen LogP contribution in [0.3, 0.4) is 0 Å². The van der Waals surface area contributed by atoms with E-state index in [0.29, 0.717) is 0 Å². The van der Waals surface area contributed by atoms with Gasteiger partial charge in [0.15, 0.2) is 0 Å². The van der Waals surface area contributed by atoms with Gasteiger partial charge in [-0.15, -0.1) is 0 Å². The molecule has 0 aliphatic rings. The van der Waals surface area contributed by atoms with E-state index in [1.54, 1.807) is 6.21 Å². The van der Waals surface area contributed by atoms with E-state index in [4.69, 9.17) is 0 Å². The molecule has 0 aromatic rings. The summed E-state index contributed by atoms with van der Waals surface area (Å²) in [5, 5.41) is 6.87. The predicted octanol–water partition coefficient (Wildman–Crippen LogP) is 2.67. The zero-order valence-electron chi connectivity index (χ0n) is 7.26. The van der Waals surface area contributed by atoms with E-state index in [1.165, 1.54) is 0 Å². The normalized spacial score (nSPS) is 10.6. The molecule has 0 aliphatic carbocycles. The molecule has 0 heterocycles. The van der Waals surface area contributed by atoms with Crippen molar-refractivity contribution in [3.8, 4) is 0 Å². The maximum absolute atomic E-state index is 3.56. The summed E-state index contributed by atoms with van der Waals surface area (Å²) >= 11 is 0. The van der Waals surface area contributed by atoms with Crippen molar-refractivity contribution < 1.29 is 0 Å². The lowest BCUT2D eigenvalue weighted by Gasteiger charge is -1.80. The molecule has 0 bridgehead atoms. The summed E-state index contributed by atoms with van der Waals surface area (Å²) < 4.78 is 0. The molecule has 0 aromatic heterocycles. The fourth-order valence-corrected chi connectivity index (χ4v) is 0.206. The van der Waals surface area contributed by atoms with E-state index in [-0.39, 0.29) is 0 Å². The lowest BCUT2D eigenvalue weighted by atomic mass is 10.3. The van der Waals surface area contributed by atoms with Gasteiger partial charge in [0.25, 0.3) is 0 Å². The Morgan fingerprint density at radius 1 is 1.40 bits per heavy atom. The van der Waals surface area contributed by atoms with E-state index in [1.807, 2.05) is 33.8 Å². The summed E-state index contributed by atoms with van der Waals surface area (Å²) in [7, 11) is 0. The third kappa shape index (κ3) is 10.1. The fourth-order valence-electron chi connectivity index (χ4n) is 0.206. The van der Waals surface area contributed by atoms with Gasteiger partial charge < -0.3 is 0 Å². The van der Waals surface area contributed by atoms with Gasteiger partial charge in [0.1, 0.15) is 0 Å². The maximum atomic E-state index is 3.56. The zero-order chi connectivity index (χ0) is 8.41. The van der Waals surface area contributed by atoms with Crippen molar-refractivity contribution in [2.75, 3.05) is 0 Å². The van der Waals surface area contributed by atoms with Crippen LogP contribution in [-0.2, 0) is 0 Å². The first-order chi connectivity index (χ1) is 4.81. The largest absolute Gasteiger partial charge is 0.167 e. The Morgan fingerprint density at radius 3 is 2.20 bits per heavy atom. The van der Waals surface area contributed by atoms with Gasteiger partial charge in [-0.25, -0.2) is 0 Å². The van der Waals surface area contributed by atoms with E-state index < -0.39 is 0 Å². The molecular weight excluding hydrogens is 124 g/mol. The topological polar surface area (TPSA) is 24.7 Å². The van der Waals surface area contributed by atoms with Crippen molar-refractivity contribution in [2.24, 2.45) is 10.2 Å². The van der Waals surface area contributed by atoms with Crippen molar-refractivity contribution >= 4 is 12.9 Å². The van der Waals surface area contributed by atoms with E-state index in [2.05, 4.69) is 16.9 Å². The first-order valence-electron chi connectivity index (χ1n) is 3.43. The van der Waals surface area contributed by atoms with Crippen LogP contribution >= 0.6 is 0 Å². The predicted molar refractivity (Wildman–Crippen MR) is 48.8 cm³/mol. The summed E-state index contributed by atoms with van der Waals surface area (Å²) in [4.78, 5) is 0. The highest BCUT2D eigenvalue weighted by atomic mass is 15.2. The molecule has 0 amide bonds. The van der Waals surface area contributed by atoms with Crippen molar-refractivity contribution in [1.82, 2.24) is 0 Å². The lowest BCUT2D eigenvalue weighted by Crippen LogP contribution is -1.72. The molecular formula is C8H16N2. The number of nitrogens with zero attached hydrogens (tertiary/aromatic N) is 2. The summed E-state index contributed by atoms with van der Waals surface area (Å²) in [6, 6.07) is 0. The number of hydrogen-bond acceptors (Lipinski definition) is 2. The highest BCUT2D eigenvalue weighted by Crippen LogP contribution is 1.84. The second kappa shape index (κ2) is 11.0. The van der Waals surface area contributed by atoms with E-state index in [9.17, 15) is 0 Å². The fraction of sp³-hybridized carbons (Fsp3) is 0.500. The smallest absolute Gasteiger partial charge is 0.0521 e. The Bertz CT molecular complexity index is 123. The summed E-state index contributed by atoms with van der Waals surface area (Å²) in [5.74, 6) is 0. The van der Waals surface area contributed by atoms with E-state index >= 15 is 0 Å². The Morgan fingerprint density at radius 2 is 1.90 bits per heavy atom. The monoisotopic (exact) mass is 140 g/mol. The highest BCUT2D eigenvalue weighted by molar-refractivity contribution is 5.77. The quantitative estimate of drug-likeness (QED) is 0.416. The van der Waals surface area contributed by atoms with Crippen molar-refractivity contribution in [3.05, 3.63) is 11.6 Å². The van der Waals surface area contributed by atoms with Crippen LogP contribution in [0.2, 0.25) is 0 Å². The molecule has 0 radical (unpaired) electrons. The Labute approximate surface area is 63.4 Å². The van der Waals surface area contributed by atoms with Gasteiger partial charge in [0.05, 0.1) is 6.21 Å². The van der Waals surface area contributed by atoms with Crippen LogP contribution < -0.4 is 0 Å². The van der Waals surface area contributed by atoms with Gasteiger partial charge in [-0.05, 0) is 19.4 Å². The van der Waals surface area contributed by atoms with Crippen LogP contribution in [0.25, 0.3) is 0 Å². The van der Waals surface area contributed by atoms with Crippen LogP contribution in [0.4, 0.5) is 0 Å². The van der Waals surface area contributed by atoms with Crippen LogP contribution in [0.5, 0.6) is 0 Å². The lowest BCUT2D eigenvalue weighted by molar-refractivity contribution is 1.27. The Kier molecular flexibility index (Phi) is 13.0. The van der Waals surface area contributed by atoms with Crippen LogP contribution in [-0.4, -0.2) is 12.9 Å². The summed E-state index contributed by atoms with van der Waals surface area (Å²) in [5.41, 5.74) is 1.09. The molecule has 10 heavy (non-hydrogen) atoms. The first-order valence-corrected chi connectivity index (χ1v) is 3.43. The van der Waals surface area contributed by atoms with Crippen LogP contribution in [0.15, 0.2) is 21.9 Å². The van der Waals surface area contributed by atoms with Crippen LogP contribution in [0, 0.1) is 0 Å². The zero-order valence-corrected chi connectivity index (χ0v) is 7.26. The minimum Gasteiger partial charge on any atom is -0.167 e. The molecule has 58 valence electrons. The molecule has 0 saturated carbocycles. The van der Waals surface area contributed by atoms with Crippen molar-refractivity contribution in [1.29, 1.82) is 0 Å². The molecule has 0 spiro atoms. The minimum atomic E-state index is 1.09. The molecule has 0 atom stereocenters. The summed E-state index contributed by atoms with van der Waals surface area (Å²) in [6.45, 7) is 11.1. The minimum absolute atomic E-state index is 1.09. The summed E-state index contributed by atoms with van der Waals surface area (Å²) in [6.07, 6.45) is 3.61. The molecule has 0 rings (SSSR count). The van der Waals surface area contributed by atoms with Gasteiger partial charge in [-0.2, -0.15) is 10.2 Å². The SMILES string of the molecule is C=N/N=C\C(C)=C/C.CC. The molecule has 2 nitrogen and oxygen atoms in total. The average Bonchev–Trinajstić information content (AvgIpc) is 2.04. The third-order valence-corrected chi connectivity index (χ3v) is 0.798.